The third kappa shape index (κ3) is 3.31. The summed E-state index contributed by atoms with van der Waals surface area (Å²) in [5, 5.41) is 3.35. The number of nitrogens with one attached hydrogen (secondary N) is 1. The molecule has 0 saturated carbocycles. The maximum absolute atomic E-state index is 3.35. The highest BCUT2D eigenvalue weighted by atomic mass is 14.8. The molecule has 0 aromatic rings. The average Bonchev–Trinajstić information content (AvgIpc) is 2.63. The number of hydrogen-bond acceptors (Lipinski definition) is 1. The van der Waals surface area contributed by atoms with E-state index in [0.29, 0.717) is 0 Å². The molecule has 9 heavy (non-hydrogen) atoms. The summed E-state index contributed by atoms with van der Waals surface area (Å²) in [6, 6.07) is 0. The normalized spacial score (nSPS) is 15.4. The lowest BCUT2D eigenvalue weighted by Crippen LogP contribution is -2.15. The van der Waals surface area contributed by atoms with E-state index < -0.39 is 0 Å². The Morgan fingerprint density at radius 1 is 1.44 bits per heavy atom. The Kier molecular flexibility index (Phi) is 2.78. The van der Waals surface area contributed by atoms with Crippen molar-refractivity contribution in [3.63, 3.8) is 0 Å². The van der Waals surface area contributed by atoms with E-state index in [4.69, 9.17) is 0 Å². The Labute approximate surface area is 57.1 Å². The Bertz CT molecular complexity index is 105. The summed E-state index contributed by atoms with van der Waals surface area (Å²) in [5.74, 6) is 0. The maximum atomic E-state index is 3.35. The molecule has 1 rings (SSSR count). The van der Waals surface area contributed by atoms with Crippen molar-refractivity contribution in [1.82, 2.24) is 5.32 Å². The van der Waals surface area contributed by atoms with Gasteiger partial charge in [-0.05, 0) is 25.9 Å². The first kappa shape index (κ1) is 6.81. The molecule has 0 aromatic heterocycles. The van der Waals surface area contributed by atoms with Crippen LogP contribution in [0.1, 0.15) is 19.8 Å². The first-order valence-electron chi connectivity index (χ1n) is 3.68. The molecule has 51 valence electrons. The van der Waals surface area contributed by atoms with Gasteiger partial charge >= 0.3 is 0 Å². The molecule has 0 unspecified atom stereocenters. The van der Waals surface area contributed by atoms with E-state index in [1.807, 2.05) is 0 Å². The molecule has 1 heteroatoms. The Balaban J connectivity index is 1.76. The summed E-state index contributed by atoms with van der Waals surface area (Å²) < 4.78 is 0. The van der Waals surface area contributed by atoms with Crippen LogP contribution in [0.15, 0.2) is 11.6 Å². The molecule has 1 aliphatic carbocycles. The Hall–Kier alpha value is -0.300. The third-order valence-electron chi connectivity index (χ3n) is 1.42. The van der Waals surface area contributed by atoms with Crippen molar-refractivity contribution in [2.75, 3.05) is 13.1 Å². The smallest absolute Gasteiger partial charge is 0.00807 e. The van der Waals surface area contributed by atoms with Crippen LogP contribution in [-0.2, 0) is 0 Å². The summed E-state index contributed by atoms with van der Waals surface area (Å²) in [5.41, 5.74) is 1.51. The topological polar surface area (TPSA) is 12.0 Å². The molecule has 1 N–H and O–H groups in total. The zero-order valence-electron chi connectivity index (χ0n) is 5.98. The lowest BCUT2D eigenvalue weighted by molar-refractivity contribution is 0.675. The highest BCUT2D eigenvalue weighted by Crippen LogP contribution is 2.19. The highest BCUT2D eigenvalue weighted by molar-refractivity contribution is 5.38. The van der Waals surface area contributed by atoms with E-state index in [0.717, 1.165) is 13.1 Å². The van der Waals surface area contributed by atoms with Gasteiger partial charge in [0.25, 0.3) is 0 Å². The van der Waals surface area contributed by atoms with Gasteiger partial charge in [0.2, 0.25) is 0 Å². The van der Waals surface area contributed by atoms with Gasteiger partial charge in [-0.15, -0.1) is 0 Å². The Morgan fingerprint density at radius 3 is 2.78 bits per heavy atom. The van der Waals surface area contributed by atoms with Gasteiger partial charge in [0.15, 0.2) is 0 Å². The standard InChI is InChI=1S/C8H14N/c1-2-6-9-7-5-8-3-4-8/h3-4,9H,2,5-7H2,1H3. The van der Waals surface area contributed by atoms with E-state index in [9.17, 15) is 0 Å². The Morgan fingerprint density at radius 2 is 2.22 bits per heavy atom. The molecule has 0 aliphatic heterocycles. The highest BCUT2D eigenvalue weighted by Gasteiger charge is 2.05. The van der Waals surface area contributed by atoms with Gasteiger partial charge in [0.1, 0.15) is 0 Å². The fourth-order valence-electron chi connectivity index (χ4n) is 0.760. The quantitative estimate of drug-likeness (QED) is 0.548. The van der Waals surface area contributed by atoms with Crippen LogP contribution in [0.3, 0.4) is 0 Å². The molecule has 1 nitrogen and oxygen atoms in total. The average molecular weight is 124 g/mol. The van der Waals surface area contributed by atoms with Crippen LogP contribution in [0.5, 0.6) is 0 Å². The van der Waals surface area contributed by atoms with Crippen LogP contribution in [0, 0.1) is 6.42 Å². The molecular formula is C8H14N. The summed E-state index contributed by atoms with van der Waals surface area (Å²) in [4.78, 5) is 0. The number of rotatable bonds is 5. The summed E-state index contributed by atoms with van der Waals surface area (Å²) in [7, 11) is 0. The van der Waals surface area contributed by atoms with E-state index in [1.165, 1.54) is 18.4 Å². The van der Waals surface area contributed by atoms with Crippen molar-refractivity contribution in [2.45, 2.75) is 19.8 Å². The molecule has 0 saturated heterocycles. The van der Waals surface area contributed by atoms with Crippen LogP contribution in [0.25, 0.3) is 0 Å². The monoisotopic (exact) mass is 124 g/mol. The fourth-order valence-corrected chi connectivity index (χ4v) is 0.760. The minimum Gasteiger partial charge on any atom is -0.316 e. The molecular weight excluding hydrogens is 110 g/mol. The summed E-state index contributed by atoms with van der Waals surface area (Å²) >= 11 is 0. The first-order valence-corrected chi connectivity index (χ1v) is 3.68. The van der Waals surface area contributed by atoms with E-state index in [1.54, 1.807) is 0 Å². The molecule has 0 aromatic carbocycles. The SMILES string of the molecule is CCCNCCC1=C[CH]1. The lowest BCUT2D eigenvalue weighted by atomic mass is 10.3. The van der Waals surface area contributed by atoms with Crippen molar-refractivity contribution in [3.8, 4) is 0 Å². The molecule has 0 heterocycles. The summed E-state index contributed by atoms with van der Waals surface area (Å²) in [6.07, 6.45) is 6.81. The molecule has 1 aliphatic rings. The maximum Gasteiger partial charge on any atom is 0.00807 e. The lowest BCUT2D eigenvalue weighted by Gasteiger charge is -1.97. The van der Waals surface area contributed by atoms with Crippen LogP contribution in [0.4, 0.5) is 0 Å². The molecule has 0 spiro atoms. The van der Waals surface area contributed by atoms with E-state index in [-0.39, 0.29) is 0 Å². The van der Waals surface area contributed by atoms with E-state index in [2.05, 4.69) is 24.7 Å². The zero-order valence-corrected chi connectivity index (χ0v) is 5.98. The van der Waals surface area contributed by atoms with Gasteiger partial charge in [-0.3, -0.25) is 0 Å². The van der Waals surface area contributed by atoms with Crippen LogP contribution in [-0.4, -0.2) is 13.1 Å². The van der Waals surface area contributed by atoms with Gasteiger partial charge in [0.05, 0.1) is 0 Å². The third-order valence-corrected chi connectivity index (χ3v) is 1.42. The van der Waals surface area contributed by atoms with Gasteiger partial charge in [-0.2, -0.15) is 0 Å². The van der Waals surface area contributed by atoms with Crippen molar-refractivity contribution in [1.29, 1.82) is 0 Å². The van der Waals surface area contributed by atoms with Crippen molar-refractivity contribution < 1.29 is 0 Å². The molecule has 0 fully saturated rings. The predicted molar refractivity (Wildman–Crippen MR) is 40.2 cm³/mol. The van der Waals surface area contributed by atoms with Crippen LogP contribution >= 0.6 is 0 Å². The predicted octanol–water partition coefficient (Wildman–Crippen LogP) is 1.52. The van der Waals surface area contributed by atoms with Crippen molar-refractivity contribution >= 4 is 0 Å². The molecule has 1 radical (unpaired) electrons. The van der Waals surface area contributed by atoms with Crippen molar-refractivity contribution in [2.24, 2.45) is 0 Å². The largest absolute Gasteiger partial charge is 0.316 e. The number of hydrogen-bond donors (Lipinski definition) is 1. The van der Waals surface area contributed by atoms with Gasteiger partial charge < -0.3 is 5.32 Å². The van der Waals surface area contributed by atoms with Crippen LogP contribution in [0.2, 0.25) is 0 Å². The second kappa shape index (κ2) is 3.67. The molecule has 0 bridgehead atoms. The van der Waals surface area contributed by atoms with Gasteiger partial charge in [-0.25, -0.2) is 0 Å². The molecule has 0 amide bonds. The van der Waals surface area contributed by atoms with Gasteiger partial charge in [-0.1, -0.05) is 18.6 Å². The van der Waals surface area contributed by atoms with E-state index >= 15 is 0 Å². The second-order valence-electron chi connectivity index (χ2n) is 2.41. The minimum absolute atomic E-state index is 1.15. The zero-order chi connectivity index (χ0) is 6.53. The number of allylic oxidation sites excluding steroid dienone is 1. The summed E-state index contributed by atoms with van der Waals surface area (Å²) in [6.45, 7) is 4.50. The van der Waals surface area contributed by atoms with Gasteiger partial charge in [0, 0.05) is 6.42 Å². The fraction of sp³-hybridized carbons (Fsp3) is 0.625. The first-order chi connectivity index (χ1) is 4.43. The van der Waals surface area contributed by atoms with Crippen LogP contribution < -0.4 is 5.32 Å². The van der Waals surface area contributed by atoms with Crippen molar-refractivity contribution in [3.05, 3.63) is 18.1 Å². The molecule has 0 atom stereocenters. The second-order valence-corrected chi connectivity index (χ2v) is 2.41. The minimum atomic E-state index is 1.15.